The maximum atomic E-state index is 12.3. The molecule has 132 valence electrons. The molecular formula is C18H20ClN3O3. The van der Waals surface area contributed by atoms with Gasteiger partial charge in [0.15, 0.2) is 0 Å². The lowest BCUT2D eigenvalue weighted by Crippen LogP contribution is -2.44. The molecule has 0 aliphatic rings. The van der Waals surface area contributed by atoms with Crippen molar-refractivity contribution in [2.75, 3.05) is 20.2 Å². The molecule has 0 unspecified atom stereocenters. The summed E-state index contributed by atoms with van der Waals surface area (Å²) in [6.45, 7) is 0.779. The summed E-state index contributed by atoms with van der Waals surface area (Å²) in [7, 11) is 1.45. The Hall–Kier alpha value is -2.57. The number of benzene rings is 2. The highest BCUT2D eigenvalue weighted by Crippen LogP contribution is 2.16. The minimum Gasteiger partial charge on any atom is -0.492 e. The highest BCUT2D eigenvalue weighted by Gasteiger charge is 2.21. The van der Waals surface area contributed by atoms with Crippen LogP contribution in [0.2, 0.25) is 5.02 Å². The molecule has 0 spiro atoms. The van der Waals surface area contributed by atoms with E-state index in [1.165, 1.54) is 7.05 Å². The first kappa shape index (κ1) is 18.8. The van der Waals surface area contributed by atoms with Crippen LogP contribution in [-0.4, -0.2) is 32.1 Å². The van der Waals surface area contributed by atoms with Crippen molar-refractivity contribution in [2.24, 2.45) is 0 Å². The van der Waals surface area contributed by atoms with Crippen molar-refractivity contribution in [3.63, 3.8) is 0 Å². The van der Waals surface area contributed by atoms with Gasteiger partial charge in [-0.25, -0.2) is 4.79 Å². The van der Waals surface area contributed by atoms with Crippen molar-refractivity contribution in [3.8, 4) is 5.75 Å². The van der Waals surface area contributed by atoms with Crippen molar-refractivity contribution < 1.29 is 14.3 Å². The number of rotatable bonds is 7. The zero-order valence-corrected chi connectivity index (χ0v) is 14.5. The van der Waals surface area contributed by atoms with Gasteiger partial charge in [-0.15, -0.1) is 0 Å². The summed E-state index contributed by atoms with van der Waals surface area (Å²) in [5.41, 5.74) is 0.760. The lowest BCUT2D eigenvalue weighted by molar-refractivity contribution is -0.122. The molecule has 3 N–H and O–H groups in total. The first-order valence-corrected chi connectivity index (χ1v) is 8.17. The van der Waals surface area contributed by atoms with E-state index in [1.54, 1.807) is 24.3 Å². The van der Waals surface area contributed by atoms with E-state index in [1.807, 2.05) is 30.3 Å². The lowest BCUT2D eigenvalue weighted by atomic mass is 10.1. The molecule has 0 saturated heterocycles. The van der Waals surface area contributed by atoms with Crippen LogP contribution >= 0.6 is 11.6 Å². The zero-order valence-electron chi connectivity index (χ0n) is 13.8. The van der Waals surface area contributed by atoms with Gasteiger partial charge in [0.05, 0.1) is 0 Å². The van der Waals surface area contributed by atoms with Gasteiger partial charge in [0.2, 0.25) is 5.91 Å². The molecule has 0 heterocycles. The molecule has 2 aromatic carbocycles. The van der Waals surface area contributed by atoms with Crippen molar-refractivity contribution in [3.05, 3.63) is 65.2 Å². The monoisotopic (exact) mass is 361 g/mol. The Morgan fingerprint density at radius 3 is 2.40 bits per heavy atom. The molecule has 0 aromatic heterocycles. The third-order valence-corrected chi connectivity index (χ3v) is 3.64. The number of urea groups is 1. The molecule has 0 bridgehead atoms. The van der Waals surface area contributed by atoms with Crippen LogP contribution in [0.15, 0.2) is 54.6 Å². The van der Waals surface area contributed by atoms with Gasteiger partial charge in [-0.2, -0.15) is 0 Å². The van der Waals surface area contributed by atoms with E-state index < -0.39 is 18.0 Å². The van der Waals surface area contributed by atoms with Gasteiger partial charge in [0.25, 0.3) is 0 Å². The molecule has 0 aliphatic carbocycles. The average molecular weight is 362 g/mol. The van der Waals surface area contributed by atoms with Crippen molar-refractivity contribution >= 4 is 23.5 Å². The fourth-order valence-electron chi connectivity index (χ4n) is 2.16. The summed E-state index contributed by atoms with van der Waals surface area (Å²) in [6, 6.07) is 15.0. The van der Waals surface area contributed by atoms with Gasteiger partial charge < -0.3 is 10.1 Å². The van der Waals surface area contributed by atoms with Crippen LogP contribution in [0.4, 0.5) is 4.79 Å². The highest BCUT2D eigenvalue weighted by molar-refractivity contribution is 6.30. The molecule has 3 amide bonds. The molecule has 0 fully saturated rings. The van der Waals surface area contributed by atoms with E-state index >= 15 is 0 Å². The highest BCUT2D eigenvalue weighted by atomic mass is 35.5. The first-order valence-electron chi connectivity index (χ1n) is 7.79. The lowest BCUT2D eigenvalue weighted by Gasteiger charge is -2.18. The van der Waals surface area contributed by atoms with Crippen LogP contribution in [0.1, 0.15) is 11.6 Å². The Bertz CT molecular complexity index is 692. The normalized spacial score (nSPS) is 11.4. The minimum absolute atomic E-state index is 0.359. The molecule has 1 atom stereocenters. The second-order valence-electron chi connectivity index (χ2n) is 5.17. The topological polar surface area (TPSA) is 79.5 Å². The Balaban J connectivity index is 1.92. The molecule has 7 heteroatoms. The fraction of sp³-hybridized carbons (Fsp3) is 0.222. The molecule has 0 saturated carbocycles. The Kier molecular flexibility index (Phi) is 7.25. The Morgan fingerprint density at radius 2 is 1.76 bits per heavy atom. The fourth-order valence-corrected chi connectivity index (χ4v) is 2.28. The molecular weight excluding hydrogens is 342 g/mol. The van der Waals surface area contributed by atoms with Crippen LogP contribution < -0.4 is 20.7 Å². The summed E-state index contributed by atoms with van der Waals surface area (Å²) in [6.07, 6.45) is 0. The number of ether oxygens (including phenoxy) is 1. The summed E-state index contributed by atoms with van der Waals surface area (Å²) in [4.78, 5) is 23.7. The second kappa shape index (κ2) is 9.66. The molecule has 0 radical (unpaired) electrons. The third kappa shape index (κ3) is 6.10. The van der Waals surface area contributed by atoms with Gasteiger partial charge in [-0.1, -0.05) is 41.9 Å². The Labute approximate surface area is 151 Å². The number of nitrogens with one attached hydrogen (secondary N) is 3. The predicted molar refractivity (Wildman–Crippen MR) is 96.7 cm³/mol. The largest absolute Gasteiger partial charge is 0.492 e. The van der Waals surface area contributed by atoms with Gasteiger partial charge in [-0.3, -0.25) is 15.4 Å². The summed E-state index contributed by atoms with van der Waals surface area (Å²) in [5, 5.41) is 8.39. The SMILES string of the molecule is CNC(=O)NC(=O)[C@H](NCCOc1ccc(Cl)cc1)c1ccccc1. The van der Waals surface area contributed by atoms with Gasteiger partial charge in [-0.05, 0) is 29.8 Å². The summed E-state index contributed by atoms with van der Waals surface area (Å²) in [5.74, 6) is 0.259. The summed E-state index contributed by atoms with van der Waals surface area (Å²) >= 11 is 5.83. The van der Waals surface area contributed by atoms with Crippen LogP contribution in [0.3, 0.4) is 0 Å². The number of amides is 3. The number of imide groups is 1. The molecule has 0 aliphatic heterocycles. The standard InChI is InChI=1S/C18H20ClN3O3/c1-20-18(24)22-17(23)16(13-5-3-2-4-6-13)21-11-12-25-15-9-7-14(19)8-10-15/h2-10,16,21H,11-12H2,1H3,(H2,20,22,23,24)/t16-/m1/s1. The molecule has 6 nitrogen and oxygen atoms in total. The predicted octanol–water partition coefficient (Wildman–Crippen LogP) is 2.51. The molecule has 2 aromatic rings. The van der Waals surface area contributed by atoms with E-state index in [0.29, 0.717) is 23.9 Å². The van der Waals surface area contributed by atoms with Crippen molar-refractivity contribution in [2.45, 2.75) is 6.04 Å². The second-order valence-corrected chi connectivity index (χ2v) is 5.61. The van der Waals surface area contributed by atoms with E-state index in [9.17, 15) is 9.59 Å². The average Bonchev–Trinajstić information content (AvgIpc) is 2.63. The number of halogens is 1. The number of hydrogen-bond acceptors (Lipinski definition) is 4. The smallest absolute Gasteiger partial charge is 0.321 e. The van der Waals surface area contributed by atoms with E-state index in [2.05, 4.69) is 16.0 Å². The van der Waals surface area contributed by atoms with Gasteiger partial charge in [0, 0.05) is 18.6 Å². The van der Waals surface area contributed by atoms with Gasteiger partial charge in [0.1, 0.15) is 18.4 Å². The van der Waals surface area contributed by atoms with Gasteiger partial charge >= 0.3 is 6.03 Å². The van der Waals surface area contributed by atoms with Crippen molar-refractivity contribution in [1.29, 1.82) is 0 Å². The van der Waals surface area contributed by atoms with Crippen LogP contribution in [0.25, 0.3) is 0 Å². The maximum absolute atomic E-state index is 12.3. The first-order chi connectivity index (χ1) is 12.1. The summed E-state index contributed by atoms with van der Waals surface area (Å²) < 4.78 is 5.60. The molecule has 25 heavy (non-hydrogen) atoms. The third-order valence-electron chi connectivity index (χ3n) is 3.39. The van der Waals surface area contributed by atoms with Crippen LogP contribution in [0, 0.1) is 0 Å². The minimum atomic E-state index is -0.660. The molecule has 2 rings (SSSR count). The number of carbonyl (C=O) groups excluding carboxylic acids is 2. The van der Waals surface area contributed by atoms with Crippen molar-refractivity contribution in [1.82, 2.24) is 16.0 Å². The van der Waals surface area contributed by atoms with E-state index in [-0.39, 0.29) is 0 Å². The maximum Gasteiger partial charge on any atom is 0.321 e. The van der Waals surface area contributed by atoms with Crippen LogP contribution in [0.5, 0.6) is 5.75 Å². The Morgan fingerprint density at radius 1 is 1.08 bits per heavy atom. The number of carbonyl (C=O) groups is 2. The zero-order chi connectivity index (χ0) is 18.1. The van der Waals surface area contributed by atoms with Crippen LogP contribution in [-0.2, 0) is 4.79 Å². The quantitative estimate of drug-likeness (QED) is 0.662. The number of hydrogen-bond donors (Lipinski definition) is 3. The van der Waals surface area contributed by atoms with E-state index in [0.717, 1.165) is 5.56 Å². The van der Waals surface area contributed by atoms with E-state index in [4.69, 9.17) is 16.3 Å².